The van der Waals surface area contributed by atoms with E-state index in [1.165, 1.54) is 6.08 Å². The van der Waals surface area contributed by atoms with Crippen LogP contribution in [0, 0.1) is 0 Å². The van der Waals surface area contributed by atoms with E-state index < -0.39 is 67.0 Å². The van der Waals surface area contributed by atoms with E-state index in [9.17, 15) is 24.0 Å². The maximum absolute atomic E-state index is 13.6. The number of ether oxygens (including phenoxy) is 5. The molecule has 1 aromatic rings. The SMILES string of the molecule is CC(=O)OC[C@H]1O[C@@H](N2C(=O)/C(=C/c3c(Cl)cccc3Cl)SC2=S)[C@@H](OC(C)=O)[C@@H](OC(C)=O)[C@H]1OC(C)=O. The summed E-state index contributed by atoms with van der Waals surface area (Å²) in [5.41, 5.74) is 0.378. The normalized spacial score (nSPS) is 25.8. The molecular formula is C24H23Cl2NO10S2. The lowest BCUT2D eigenvalue weighted by Crippen LogP contribution is -2.66. The average molecular weight is 620 g/mol. The Bertz CT molecular complexity index is 1220. The summed E-state index contributed by atoms with van der Waals surface area (Å²) in [5.74, 6) is -3.72. The maximum atomic E-state index is 13.6. The predicted octanol–water partition coefficient (Wildman–Crippen LogP) is 3.28. The van der Waals surface area contributed by atoms with E-state index >= 15 is 0 Å². The van der Waals surface area contributed by atoms with Crippen molar-refractivity contribution in [2.45, 2.75) is 58.3 Å². The average Bonchev–Trinajstić information content (AvgIpc) is 3.09. The van der Waals surface area contributed by atoms with E-state index in [1.807, 2.05) is 0 Å². The van der Waals surface area contributed by atoms with Gasteiger partial charge in [-0.3, -0.25) is 28.9 Å². The zero-order valence-corrected chi connectivity index (χ0v) is 24.2. The summed E-state index contributed by atoms with van der Waals surface area (Å²) in [6.07, 6.45) is -5.58. The Labute approximate surface area is 243 Å². The smallest absolute Gasteiger partial charge is 0.303 e. The number of hydrogen-bond donors (Lipinski definition) is 0. The van der Waals surface area contributed by atoms with Gasteiger partial charge in [-0.15, -0.1) is 0 Å². The first kappa shape index (κ1) is 30.8. The highest BCUT2D eigenvalue weighted by Gasteiger charge is 2.56. The lowest BCUT2D eigenvalue weighted by molar-refractivity contribution is -0.268. The van der Waals surface area contributed by atoms with Crippen LogP contribution in [0.1, 0.15) is 33.3 Å². The number of esters is 4. The van der Waals surface area contributed by atoms with Crippen molar-refractivity contribution in [3.8, 4) is 0 Å². The number of rotatable bonds is 7. The molecule has 2 heterocycles. The Morgan fingerprint density at radius 3 is 2.03 bits per heavy atom. The van der Waals surface area contributed by atoms with E-state index in [0.717, 1.165) is 44.4 Å². The molecule has 5 atom stereocenters. The molecule has 210 valence electrons. The molecule has 0 saturated carbocycles. The topological polar surface area (TPSA) is 135 Å². The quantitative estimate of drug-likeness (QED) is 0.192. The highest BCUT2D eigenvalue weighted by molar-refractivity contribution is 8.26. The molecule has 2 aliphatic rings. The molecule has 3 rings (SSSR count). The summed E-state index contributed by atoms with van der Waals surface area (Å²) in [6, 6.07) is 4.84. The van der Waals surface area contributed by atoms with Crippen LogP contribution in [0.3, 0.4) is 0 Å². The Balaban J connectivity index is 2.08. The van der Waals surface area contributed by atoms with Gasteiger partial charge in [-0.25, -0.2) is 0 Å². The van der Waals surface area contributed by atoms with E-state index in [-0.39, 0.29) is 9.23 Å². The number of thioether (sulfide) groups is 1. The molecule has 2 saturated heterocycles. The largest absolute Gasteiger partial charge is 0.463 e. The Morgan fingerprint density at radius 2 is 1.49 bits per heavy atom. The van der Waals surface area contributed by atoms with Crippen molar-refractivity contribution in [3.63, 3.8) is 0 Å². The fourth-order valence-electron chi connectivity index (χ4n) is 3.89. The van der Waals surface area contributed by atoms with Crippen molar-refractivity contribution in [1.29, 1.82) is 0 Å². The highest BCUT2D eigenvalue weighted by Crippen LogP contribution is 2.40. The van der Waals surface area contributed by atoms with Crippen LogP contribution in [0.5, 0.6) is 0 Å². The molecule has 0 spiro atoms. The van der Waals surface area contributed by atoms with Gasteiger partial charge in [-0.1, -0.05) is 53.2 Å². The molecular weight excluding hydrogens is 597 g/mol. The summed E-state index contributed by atoms with van der Waals surface area (Å²) in [7, 11) is 0. The van der Waals surface area contributed by atoms with Crippen molar-refractivity contribution in [2.24, 2.45) is 0 Å². The van der Waals surface area contributed by atoms with Gasteiger partial charge in [-0.05, 0) is 18.2 Å². The third kappa shape index (κ3) is 7.48. The van der Waals surface area contributed by atoms with Crippen LogP contribution in [-0.2, 0) is 47.7 Å². The molecule has 39 heavy (non-hydrogen) atoms. The number of carbonyl (C=O) groups excluding carboxylic acids is 5. The van der Waals surface area contributed by atoms with Crippen molar-refractivity contribution in [3.05, 3.63) is 38.7 Å². The molecule has 0 radical (unpaired) electrons. The third-order valence-electron chi connectivity index (χ3n) is 5.32. The molecule has 0 N–H and O–H groups in total. The molecule has 0 unspecified atom stereocenters. The molecule has 0 aliphatic carbocycles. The van der Waals surface area contributed by atoms with Crippen molar-refractivity contribution < 1.29 is 47.7 Å². The highest BCUT2D eigenvalue weighted by atomic mass is 35.5. The molecule has 1 aromatic carbocycles. The minimum atomic E-state index is -1.49. The minimum absolute atomic E-state index is 0.00956. The summed E-state index contributed by atoms with van der Waals surface area (Å²) >= 11 is 18.9. The second-order valence-electron chi connectivity index (χ2n) is 8.28. The first-order valence-corrected chi connectivity index (χ1v) is 13.3. The summed E-state index contributed by atoms with van der Waals surface area (Å²) in [5, 5.41) is 0.583. The molecule has 0 bridgehead atoms. The fraction of sp³-hybridized carbons (Fsp3) is 0.417. The number of hydrogen-bond acceptors (Lipinski definition) is 12. The fourth-order valence-corrected chi connectivity index (χ4v) is 5.69. The van der Waals surface area contributed by atoms with Gasteiger partial charge in [0.1, 0.15) is 12.7 Å². The Hall–Kier alpha value is -2.71. The first-order chi connectivity index (χ1) is 18.3. The summed E-state index contributed by atoms with van der Waals surface area (Å²) < 4.78 is 27.3. The summed E-state index contributed by atoms with van der Waals surface area (Å²) in [6.45, 7) is 3.99. The van der Waals surface area contributed by atoms with Crippen LogP contribution in [0.25, 0.3) is 6.08 Å². The number of benzene rings is 1. The predicted molar refractivity (Wildman–Crippen MR) is 143 cm³/mol. The van der Waals surface area contributed by atoms with Crippen molar-refractivity contribution in [2.75, 3.05) is 6.61 Å². The zero-order valence-electron chi connectivity index (χ0n) is 21.0. The second kappa shape index (κ2) is 13.1. The number of thiocarbonyl (C=S) groups is 1. The zero-order chi connectivity index (χ0) is 29.0. The molecule has 0 aromatic heterocycles. The third-order valence-corrected chi connectivity index (χ3v) is 7.31. The van der Waals surface area contributed by atoms with Crippen LogP contribution in [0.15, 0.2) is 23.1 Å². The summed E-state index contributed by atoms with van der Waals surface area (Å²) in [4.78, 5) is 62.4. The van der Waals surface area contributed by atoms with E-state index in [1.54, 1.807) is 18.2 Å². The number of amides is 1. The van der Waals surface area contributed by atoms with Crippen molar-refractivity contribution >= 4 is 87.4 Å². The molecule has 15 heteroatoms. The number of halogens is 2. The van der Waals surface area contributed by atoms with Gasteiger partial charge in [0.05, 0.1) is 4.91 Å². The Kier molecular flexibility index (Phi) is 10.4. The standard InChI is InChI=1S/C24H23Cl2NO10S2/c1-10(28)33-9-17-19(34-11(2)29)20(35-12(3)30)21(36-13(4)31)23(37-17)27-22(32)18(39-24(27)38)8-14-15(25)6-5-7-16(14)26/h5-8,17,19-21,23H,9H2,1-4H3/b18-8-/t17-,19+,20+,21+,23-/m1/s1. The van der Waals surface area contributed by atoms with E-state index in [2.05, 4.69) is 0 Å². The van der Waals surface area contributed by atoms with Gasteiger partial charge in [0.25, 0.3) is 5.91 Å². The molecule has 2 aliphatic heterocycles. The van der Waals surface area contributed by atoms with Crippen LogP contribution in [-0.4, -0.2) is 76.3 Å². The van der Waals surface area contributed by atoms with Crippen LogP contribution >= 0.6 is 47.2 Å². The number of nitrogens with zero attached hydrogens (tertiary/aromatic N) is 1. The monoisotopic (exact) mass is 619 g/mol. The van der Waals surface area contributed by atoms with Gasteiger partial charge in [0.15, 0.2) is 28.9 Å². The van der Waals surface area contributed by atoms with Crippen LogP contribution in [0.2, 0.25) is 10.0 Å². The lowest BCUT2D eigenvalue weighted by Gasteiger charge is -2.46. The minimum Gasteiger partial charge on any atom is -0.463 e. The maximum Gasteiger partial charge on any atom is 0.303 e. The Morgan fingerprint density at radius 1 is 0.949 bits per heavy atom. The van der Waals surface area contributed by atoms with Gasteiger partial charge in [-0.2, -0.15) is 0 Å². The molecule has 1 amide bonds. The van der Waals surface area contributed by atoms with Crippen LogP contribution in [0.4, 0.5) is 0 Å². The van der Waals surface area contributed by atoms with E-state index in [0.29, 0.717) is 15.6 Å². The lowest BCUT2D eigenvalue weighted by atomic mass is 9.96. The second-order valence-corrected chi connectivity index (χ2v) is 10.8. The van der Waals surface area contributed by atoms with E-state index in [4.69, 9.17) is 59.1 Å². The van der Waals surface area contributed by atoms with Gasteiger partial charge >= 0.3 is 23.9 Å². The molecule has 11 nitrogen and oxygen atoms in total. The number of carbonyl (C=O) groups is 5. The molecule has 2 fully saturated rings. The van der Waals surface area contributed by atoms with Gasteiger partial charge < -0.3 is 23.7 Å². The van der Waals surface area contributed by atoms with Gasteiger partial charge in [0.2, 0.25) is 0 Å². The van der Waals surface area contributed by atoms with Crippen LogP contribution < -0.4 is 0 Å². The van der Waals surface area contributed by atoms with Crippen molar-refractivity contribution in [1.82, 2.24) is 4.90 Å². The first-order valence-electron chi connectivity index (χ1n) is 11.3. The van der Waals surface area contributed by atoms with Gasteiger partial charge in [0, 0.05) is 43.3 Å².